The van der Waals surface area contributed by atoms with Gasteiger partial charge in [-0.2, -0.15) is 5.10 Å². The minimum Gasteiger partial charge on any atom is -0.493 e. The van der Waals surface area contributed by atoms with Gasteiger partial charge in [-0.3, -0.25) is 4.90 Å². The quantitative estimate of drug-likeness (QED) is 0.323. The summed E-state index contributed by atoms with van der Waals surface area (Å²) < 4.78 is 25.3. The maximum Gasteiger partial charge on any atom is 0.231 e. The first-order valence-electron chi connectivity index (χ1n) is 12.8. The lowest BCUT2D eigenvalue weighted by atomic mass is 9.82. The normalized spacial score (nSPS) is 17.5. The Hall–Kier alpha value is -4.08. The van der Waals surface area contributed by atoms with Gasteiger partial charge in [-0.05, 0) is 65.4 Å². The number of rotatable bonds is 6. The van der Waals surface area contributed by atoms with Crippen LogP contribution in [-0.4, -0.2) is 46.4 Å². The van der Waals surface area contributed by atoms with E-state index in [2.05, 4.69) is 32.3 Å². The number of hydrogen-bond donors (Lipinski definition) is 0. The SMILES string of the molecule is COc1cc(/C=N/n2cnnc2)c2c(c1OCc1ccc(Cl)cc1)CN1CCc3cc4c(cc3C1C2)OCO4. The Balaban J connectivity index is 1.30. The van der Waals surface area contributed by atoms with Crippen LogP contribution in [-0.2, 0) is 26.0 Å². The number of aromatic nitrogens is 3. The zero-order chi connectivity index (χ0) is 26.3. The van der Waals surface area contributed by atoms with Crippen LogP contribution in [0.5, 0.6) is 23.0 Å². The van der Waals surface area contributed by atoms with E-state index in [1.807, 2.05) is 36.5 Å². The molecule has 0 saturated heterocycles. The lowest BCUT2D eigenvalue weighted by Gasteiger charge is -2.42. The molecule has 1 atom stereocenters. The van der Waals surface area contributed by atoms with Crippen molar-refractivity contribution in [3.05, 3.63) is 93.5 Å². The summed E-state index contributed by atoms with van der Waals surface area (Å²) in [6.07, 6.45) is 6.71. The number of benzene rings is 3. The van der Waals surface area contributed by atoms with E-state index >= 15 is 0 Å². The van der Waals surface area contributed by atoms with Crippen LogP contribution in [0.2, 0.25) is 5.02 Å². The van der Waals surface area contributed by atoms with Crippen LogP contribution in [0, 0.1) is 0 Å². The molecule has 3 aromatic carbocycles. The first-order valence-corrected chi connectivity index (χ1v) is 13.2. The van der Waals surface area contributed by atoms with Gasteiger partial charge in [-0.1, -0.05) is 23.7 Å². The molecule has 3 aliphatic heterocycles. The van der Waals surface area contributed by atoms with E-state index in [4.69, 9.17) is 30.5 Å². The molecule has 4 aromatic rings. The van der Waals surface area contributed by atoms with Crippen molar-refractivity contribution >= 4 is 17.8 Å². The third-order valence-electron chi connectivity index (χ3n) is 7.61. The molecule has 10 heteroatoms. The lowest BCUT2D eigenvalue weighted by Crippen LogP contribution is -2.40. The topological polar surface area (TPSA) is 83.2 Å². The lowest BCUT2D eigenvalue weighted by molar-refractivity contribution is 0.155. The molecular weight excluding hydrogens is 518 g/mol. The van der Waals surface area contributed by atoms with Gasteiger partial charge in [0.2, 0.25) is 6.79 Å². The zero-order valence-electron chi connectivity index (χ0n) is 21.3. The standard InChI is InChI=1S/C29H26ClN5O4/c1-36-28-9-20(12-33-35-15-31-32-16-35)22-10-25-23-11-27-26(38-17-39-27)8-19(23)6-7-34(25)13-24(22)29(28)37-14-18-2-4-21(30)5-3-18/h2-5,8-9,11-12,15-16,25H,6-7,10,13-14,17H2,1H3/b33-12+. The molecular formula is C29H26ClN5O4. The fourth-order valence-electron chi connectivity index (χ4n) is 5.67. The van der Waals surface area contributed by atoms with Crippen molar-refractivity contribution in [3.8, 4) is 23.0 Å². The van der Waals surface area contributed by atoms with Crippen molar-refractivity contribution in [2.75, 3.05) is 20.4 Å². The van der Waals surface area contributed by atoms with E-state index in [0.29, 0.717) is 17.4 Å². The fraction of sp³-hybridized carbons (Fsp3) is 0.276. The zero-order valence-corrected chi connectivity index (χ0v) is 22.1. The van der Waals surface area contributed by atoms with Crippen molar-refractivity contribution in [2.24, 2.45) is 5.10 Å². The molecule has 3 aliphatic rings. The van der Waals surface area contributed by atoms with E-state index in [1.165, 1.54) is 16.7 Å². The Morgan fingerprint density at radius 1 is 1.08 bits per heavy atom. The maximum atomic E-state index is 6.47. The molecule has 0 saturated carbocycles. The van der Waals surface area contributed by atoms with Crippen molar-refractivity contribution in [1.29, 1.82) is 0 Å². The van der Waals surface area contributed by atoms with Gasteiger partial charge in [0.25, 0.3) is 0 Å². The van der Waals surface area contributed by atoms with E-state index in [1.54, 1.807) is 24.4 Å². The molecule has 4 heterocycles. The average Bonchev–Trinajstić information content (AvgIpc) is 3.65. The molecule has 7 rings (SSSR count). The molecule has 9 nitrogen and oxygen atoms in total. The Labute approximate surface area is 230 Å². The molecule has 1 aromatic heterocycles. The van der Waals surface area contributed by atoms with Crippen molar-refractivity contribution in [1.82, 2.24) is 19.8 Å². The van der Waals surface area contributed by atoms with Gasteiger partial charge in [-0.15, -0.1) is 10.2 Å². The molecule has 0 N–H and O–H groups in total. The average molecular weight is 544 g/mol. The third-order valence-corrected chi connectivity index (χ3v) is 7.86. The second kappa shape index (κ2) is 9.91. The first-order chi connectivity index (χ1) is 19.2. The van der Waals surface area contributed by atoms with Gasteiger partial charge in [0.05, 0.1) is 13.3 Å². The largest absolute Gasteiger partial charge is 0.493 e. The monoisotopic (exact) mass is 543 g/mol. The van der Waals surface area contributed by atoms with Gasteiger partial charge < -0.3 is 18.9 Å². The number of hydrogen-bond acceptors (Lipinski definition) is 8. The highest BCUT2D eigenvalue weighted by molar-refractivity contribution is 6.30. The number of nitrogens with zero attached hydrogens (tertiary/aromatic N) is 5. The highest BCUT2D eigenvalue weighted by atomic mass is 35.5. The first kappa shape index (κ1) is 24.0. The summed E-state index contributed by atoms with van der Waals surface area (Å²) in [4.78, 5) is 2.52. The van der Waals surface area contributed by atoms with Gasteiger partial charge in [-0.25, -0.2) is 4.68 Å². The van der Waals surface area contributed by atoms with Gasteiger partial charge >= 0.3 is 0 Å². The van der Waals surface area contributed by atoms with Crippen LogP contribution in [0.4, 0.5) is 0 Å². The van der Waals surface area contributed by atoms with Crippen LogP contribution in [0.1, 0.15) is 39.4 Å². The second-order valence-corrected chi connectivity index (χ2v) is 10.2. The minimum atomic E-state index is 0.204. The molecule has 0 radical (unpaired) electrons. The van der Waals surface area contributed by atoms with Gasteiger partial charge in [0.1, 0.15) is 19.3 Å². The van der Waals surface area contributed by atoms with Crippen LogP contribution < -0.4 is 18.9 Å². The maximum absolute atomic E-state index is 6.47. The summed E-state index contributed by atoms with van der Waals surface area (Å²) in [5.74, 6) is 3.09. The summed E-state index contributed by atoms with van der Waals surface area (Å²) >= 11 is 6.08. The second-order valence-electron chi connectivity index (χ2n) is 9.80. The van der Waals surface area contributed by atoms with Crippen molar-refractivity contribution in [3.63, 3.8) is 0 Å². The van der Waals surface area contributed by atoms with Crippen LogP contribution >= 0.6 is 11.6 Å². The summed E-state index contributed by atoms with van der Waals surface area (Å²) in [5.41, 5.74) is 6.92. The van der Waals surface area contributed by atoms with Gasteiger partial charge in [0, 0.05) is 35.3 Å². The minimum absolute atomic E-state index is 0.204. The number of fused-ring (bicyclic) bond motifs is 5. The van der Waals surface area contributed by atoms with Crippen LogP contribution in [0.15, 0.2) is 60.2 Å². The van der Waals surface area contributed by atoms with Crippen molar-refractivity contribution in [2.45, 2.75) is 32.0 Å². The summed E-state index contributed by atoms with van der Waals surface area (Å²) in [6, 6.07) is 14.2. The van der Waals surface area contributed by atoms with Crippen LogP contribution in [0.3, 0.4) is 0 Å². The van der Waals surface area contributed by atoms with E-state index in [0.717, 1.165) is 59.9 Å². The highest BCUT2D eigenvalue weighted by Gasteiger charge is 2.37. The Morgan fingerprint density at radius 2 is 1.87 bits per heavy atom. The molecule has 0 fully saturated rings. The smallest absolute Gasteiger partial charge is 0.231 e. The Bertz CT molecular complexity index is 1560. The summed E-state index contributed by atoms with van der Waals surface area (Å²) in [6.45, 7) is 2.35. The molecule has 0 amide bonds. The Kier molecular flexibility index (Phi) is 6.09. The number of methoxy groups -OCH3 is 1. The highest BCUT2D eigenvalue weighted by Crippen LogP contribution is 2.47. The molecule has 198 valence electrons. The van der Waals surface area contributed by atoms with Crippen LogP contribution in [0.25, 0.3) is 0 Å². The number of halogens is 1. The predicted octanol–water partition coefficient (Wildman–Crippen LogP) is 4.79. The molecule has 39 heavy (non-hydrogen) atoms. The van der Waals surface area contributed by atoms with E-state index < -0.39 is 0 Å². The van der Waals surface area contributed by atoms with E-state index in [-0.39, 0.29) is 12.8 Å². The number of ether oxygens (including phenoxy) is 4. The molecule has 1 unspecified atom stereocenters. The summed E-state index contributed by atoms with van der Waals surface area (Å²) in [7, 11) is 1.67. The van der Waals surface area contributed by atoms with E-state index in [9.17, 15) is 0 Å². The molecule has 0 spiro atoms. The fourth-order valence-corrected chi connectivity index (χ4v) is 5.80. The predicted molar refractivity (Wildman–Crippen MR) is 145 cm³/mol. The molecule has 0 bridgehead atoms. The summed E-state index contributed by atoms with van der Waals surface area (Å²) in [5, 5.41) is 13.0. The van der Waals surface area contributed by atoms with Crippen molar-refractivity contribution < 1.29 is 18.9 Å². The Morgan fingerprint density at radius 3 is 2.67 bits per heavy atom. The third kappa shape index (κ3) is 4.47. The van der Waals surface area contributed by atoms with Gasteiger partial charge in [0.15, 0.2) is 23.0 Å². The molecule has 0 aliphatic carbocycles.